The Labute approximate surface area is 169 Å². The first kappa shape index (κ1) is 19.0. The smallest absolute Gasteiger partial charge is 0.410 e. The molecule has 146 valence electrons. The number of halogens is 1. The van der Waals surface area contributed by atoms with Crippen LogP contribution in [0.5, 0.6) is 0 Å². The lowest BCUT2D eigenvalue weighted by Crippen LogP contribution is -2.40. The molecule has 28 heavy (non-hydrogen) atoms. The predicted octanol–water partition coefficient (Wildman–Crippen LogP) is 4.18. The van der Waals surface area contributed by atoms with E-state index in [-0.39, 0.29) is 18.6 Å². The van der Waals surface area contributed by atoms with E-state index in [0.29, 0.717) is 19.6 Å². The van der Waals surface area contributed by atoms with Gasteiger partial charge in [0.25, 0.3) is 0 Å². The van der Waals surface area contributed by atoms with Crippen LogP contribution in [0.2, 0.25) is 0 Å². The summed E-state index contributed by atoms with van der Waals surface area (Å²) in [6.07, 6.45) is -0.318. The number of likely N-dealkylation sites (tertiary alicyclic amines) is 1. The van der Waals surface area contributed by atoms with Crippen LogP contribution in [0.4, 0.5) is 4.79 Å². The largest absolute Gasteiger partial charge is 0.448 e. The van der Waals surface area contributed by atoms with Gasteiger partial charge in [-0.25, -0.2) is 4.79 Å². The summed E-state index contributed by atoms with van der Waals surface area (Å²) in [6, 6.07) is 15.6. The molecule has 1 aliphatic carbocycles. The van der Waals surface area contributed by atoms with E-state index in [1.165, 1.54) is 16.0 Å². The molecular formula is C22H22ClNO4. The summed E-state index contributed by atoms with van der Waals surface area (Å²) in [7, 11) is 0. The average Bonchev–Trinajstić information content (AvgIpc) is 3.26. The molecule has 1 fully saturated rings. The van der Waals surface area contributed by atoms with Gasteiger partial charge in [-0.05, 0) is 40.8 Å². The first-order chi connectivity index (χ1) is 13.6. The van der Waals surface area contributed by atoms with Gasteiger partial charge in [-0.3, -0.25) is 9.69 Å². The second-order valence-electron chi connectivity index (χ2n) is 7.09. The molecule has 2 aromatic carbocycles. The topological polar surface area (TPSA) is 55.8 Å². The lowest BCUT2D eigenvalue weighted by Gasteiger charge is -2.22. The molecule has 6 heteroatoms. The van der Waals surface area contributed by atoms with Crippen LogP contribution in [-0.2, 0) is 14.3 Å². The molecule has 0 radical (unpaired) electrons. The van der Waals surface area contributed by atoms with Crippen molar-refractivity contribution in [2.75, 3.05) is 19.8 Å². The van der Waals surface area contributed by atoms with Crippen molar-refractivity contribution >= 4 is 22.9 Å². The molecule has 1 aliphatic heterocycles. The van der Waals surface area contributed by atoms with Crippen molar-refractivity contribution < 1.29 is 19.1 Å². The molecule has 1 amide bonds. The van der Waals surface area contributed by atoms with Gasteiger partial charge in [0, 0.05) is 18.9 Å². The number of ether oxygens (including phenoxy) is 2. The zero-order valence-corrected chi connectivity index (χ0v) is 16.4. The van der Waals surface area contributed by atoms with E-state index in [1.807, 2.05) is 31.2 Å². The van der Waals surface area contributed by atoms with Gasteiger partial charge in [0.05, 0.1) is 12.6 Å². The zero-order valence-electron chi connectivity index (χ0n) is 15.6. The summed E-state index contributed by atoms with van der Waals surface area (Å²) < 4.78 is 11.2. The molecule has 1 saturated heterocycles. The molecule has 0 unspecified atom stereocenters. The van der Waals surface area contributed by atoms with E-state index < -0.39 is 17.4 Å². The van der Waals surface area contributed by atoms with E-state index >= 15 is 0 Å². The van der Waals surface area contributed by atoms with E-state index in [1.54, 1.807) is 0 Å². The molecule has 2 atom stereocenters. The fourth-order valence-corrected chi connectivity index (χ4v) is 4.45. The second kappa shape index (κ2) is 7.94. The molecule has 0 aromatic heterocycles. The quantitative estimate of drug-likeness (QED) is 0.708. The molecule has 2 aromatic rings. The fourth-order valence-electron chi connectivity index (χ4n) is 4.25. The zero-order chi connectivity index (χ0) is 19.7. The minimum Gasteiger partial charge on any atom is -0.448 e. The summed E-state index contributed by atoms with van der Waals surface area (Å²) in [5.41, 5.74) is 4.64. The van der Waals surface area contributed by atoms with Crippen LogP contribution in [0.25, 0.3) is 11.1 Å². The van der Waals surface area contributed by atoms with Crippen LogP contribution in [0.3, 0.4) is 0 Å². The minimum absolute atomic E-state index is 0.0215. The van der Waals surface area contributed by atoms with Crippen molar-refractivity contribution in [2.45, 2.75) is 31.4 Å². The Morgan fingerprint density at radius 2 is 1.68 bits per heavy atom. The fraction of sp³-hybridized carbons (Fsp3) is 0.364. The highest BCUT2D eigenvalue weighted by Crippen LogP contribution is 2.44. The summed E-state index contributed by atoms with van der Waals surface area (Å²) in [5.74, 6) is -0.0215. The van der Waals surface area contributed by atoms with Crippen LogP contribution >= 0.6 is 11.6 Å². The summed E-state index contributed by atoms with van der Waals surface area (Å²) in [6.45, 7) is 2.93. The summed E-state index contributed by atoms with van der Waals surface area (Å²) in [4.78, 5) is 25.9. The third kappa shape index (κ3) is 3.40. The van der Waals surface area contributed by atoms with Gasteiger partial charge in [-0.2, -0.15) is 0 Å². The third-order valence-corrected chi connectivity index (χ3v) is 5.75. The van der Waals surface area contributed by atoms with Crippen LogP contribution in [0.15, 0.2) is 48.5 Å². The van der Waals surface area contributed by atoms with Gasteiger partial charge in [-0.1, -0.05) is 48.5 Å². The molecule has 0 spiro atoms. The van der Waals surface area contributed by atoms with Crippen molar-refractivity contribution in [2.24, 2.45) is 0 Å². The molecule has 0 N–H and O–H groups in total. The van der Waals surface area contributed by atoms with E-state index in [9.17, 15) is 9.59 Å². The number of fused-ring (bicyclic) bond motifs is 3. The molecule has 0 saturated carbocycles. The number of hydrogen-bond acceptors (Lipinski definition) is 4. The Kier molecular flexibility index (Phi) is 5.38. The number of nitrogens with zero attached hydrogens (tertiary/aromatic N) is 1. The molecule has 0 bridgehead atoms. The third-order valence-electron chi connectivity index (χ3n) is 5.50. The van der Waals surface area contributed by atoms with Crippen LogP contribution < -0.4 is 0 Å². The van der Waals surface area contributed by atoms with E-state index in [0.717, 1.165) is 11.1 Å². The van der Waals surface area contributed by atoms with Crippen molar-refractivity contribution in [3.8, 4) is 11.1 Å². The maximum Gasteiger partial charge on any atom is 0.410 e. The number of amides is 1. The van der Waals surface area contributed by atoms with Gasteiger partial charge in [0.15, 0.2) is 0 Å². The lowest BCUT2D eigenvalue weighted by atomic mass is 9.98. The number of benzene rings is 2. The minimum atomic E-state index is -0.700. The molecule has 1 heterocycles. The number of rotatable bonds is 5. The van der Waals surface area contributed by atoms with Crippen molar-refractivity contribution in [1.82, 2.24) is 4.90 Å². The number of carbonyl (C=O) groups excluding carboxylic acids is 2. The summed E-state index contributed by atoms with van der Waals surface area (Å²) in [5, 5.41) is -0.560. The maximum absolute atomic E-state index is 12.7. The van der Waals surface area contributed by atoms with Gasteiger partial charge in [-0.15, -0.1) is 0 Å². The lowest BCUT2D eigenvalue weighted by molar-refractivity contribution is -0.115. The normalized spacial score (nSPS) is 20.7. The number of carbonyl (C=O) groups is 2. The molecular weight excluding hydrogens is 378 g/mol. The molecule has 5 nitrogen and oxygen atoms in total. The highest BCUT2D eigenvalue weighted by atomic mass is 35.5. The van der Waals surface area contributed by atoms with E-state index in [2.05, 4.69) is 24.3 Å². The van der Waals surface area contributed by atoms with Crippen molar-refractivity contribution in [3.63, 3.8) is 0 Å². The maximum atomic E-state index is 12.7. The summed E-state index contributed by atoms with van der Waals surface area (Å²) >= 11 is 5.71. The Morgan fingerprint density at radius 1 is 1.07 bits per heavy atom. The van der Waals surface area contributed by atoms with Gasteiger partial charge in [0.2, 0.25) is 5.24 Å². The van der Waals surface area contributed by atoms with Crippen molar-refractivity contribution in [1.29, 1.82) is 0 Å². The Balaban J connectivity index is 1.50. The highest BCUT2D eigenvalue weighted by molar-refractivity contribution is 6.64. The van der Waals surface area contributed by atoms with Crippen LogP contribution in [0.1, 0.15) is 30.4 Å². The van der Waals surface area contributed by atoms with Crippen molar-refractivity contribution in [3.05, 3.63) is 59.7 Å². The Morgan fingerprint density at radius 3 is 2.25 bits per heavy atom. The Hall–Kier alpha value is -2.37. The second-order valence-corrected chi connectivity index (χ2v) is 7.46. The van der Waals surface area contributed by atoms with Gasteiger partial charge >= 0.3 is 6.09 Å². The number of hydrogen-bond donors (Lipinski definition) is 0. The van der Waals surface area contributed by atoms with Gasteiger partial charge < -0.3 is 9.47 Å². The molecule has 4 rings (SSSR count). The average molecular weight is 400 g/mol. The Bertz CT molecular complexity index is 854. The molecule has 2 aliphatic rings. The SMILES string of the molecule is CCO[C@@H]1C[C@@H](C(=O)Cl)N(C(=O)OCC2c3ccccc3-c3ccccc32)C1. The van der Waals surface area contributed by atoms with Crippen LogP contribution in [-0.4, -0.2) is 48.1 Å². The first-order valence-corrected chi connectivity index (χ1v) is 9.90. The van der Waals surface area contributed by atoms with E-state index in [4.69, 9.17) is 21.1 Å². The highest BCUT2D eigenvalue weighted by Gasteiger charge is 2.40. The predicted molar refractivity (Wildman–Crippen MR) is 106 cm³/mol. The first-order valence-electron chi connectivity index (χ1n) is 9.52. The standard InChI is InChI=1S/C22H22ClNO4/c1-2-27-14-11-20(21(23)25)24(12-14)22(26)28-13-19-17-9-5-3-7-15(17)16-8-4-6-10-18(16)19/h3-10,14,19-20H,2,11-13H2,1H3/t14-,20+/m1/s1. The van der Waals surface area contributed by atoms with Crippen LogP contribution in [0, 0.1) is 0 Å². The van der Waals surface area contributed by atoms with Gasteiger partial charge in [0.1, 0.15) is 12.6 Å². The monoisotopic (exact) mass is 399 g/mol.